The van der Waals surface area contributed by atoms with E-state index < -0.39 is 40.0 Å². The van der Waals surface area contributed by atoms with Crippen molar-refractivity contribution in [2.45, 2.75) is 62.6 Å². The summed E-state index contributed by atoms with van der Waals surface area (Å²) in [6.07, 6.45) is 3.91. The van der Waals surface area contributed by atoms with Crippen molar-refractivity contribution in [3.05, 3.63) is 126 Å². The molecule has 1 heterocycles. The molecule has 50 heavy (non-hydrogen) atoms. The number of anilines is 1. The number of unbranched alkanes of at least 4 members (excludes halogenated alkanes) is 1. The van der Waals surface area contributed by atoms with E-state index >= 15 is 0 Å². The van der Waals surface area contributed by atoms with Crippen LogP contribution in [0.25, 0.3) is 0 Å². The number of nitrogens with one attached hydrogen (secondary N) is 2. The molecule has 4 aromatic rings. The van der Waals surface area contributed by atoms with Crippen molar-refractivity contribution in [2.75, 3.05) is 25.4 Å². The summed E-state index contributed by atoms with van der Waals surface area (Å²) in [5.74, 6) is -0.891. The second kappa shape index (κ2) is 18.8. The average Bonchev–Trinajstić information content (AvgIpc) is 3.12. The molecule has 0 radical (unpaired) electrons. The molecule has 4 rings (SSSR count). The summed E-state index contributed by atoms with van der Waals surface area (Å²) in [5.41, 5.74) is 8.67. The first-order valence-electron chi connectivity index (χ1n) is 16.8. The van der Waals surface area contributed by atoms with Crippen molar-refractivity contribution < 1.29 is 27.9 Å². The van der Waals surface area contributed by atoms with Crippen LogP contribution in [0.3, 0.4) is 0 Å². The van der Waals surface area contributed by atoms with Gasteiger partial charge < -0.3 is 26.2 Å². The van der Waals surface area contributed by atoms with Gasteiger partial charge >= 0.3 is 6.09 Å². The lowest BCUT2D eigenvalue weighted by molar-refractivity contribution is -0.123. The Morgan fingerprint density at radius 3 is 2.04 bits per heavy atom. The molecule has 11 nitrogen and oxygen atoms in total. The first-order valence-corrected chi connectivity index (χ1v) is 18.2. The summed E-state index contributed by atoms with van der Waals surface area (Å²) in [6.45, 7) is 4.01. The standard InChI is InChI=1S/C38H47N5O6S/c1-28(2)25-43(50(47,48)34-18-16-32(39)17-19-34)33(26-44)15-9-10-22-41-37(45)36(42-38(46)49-27-29-20-23-40-24-21-29)35(30-11-5-3-6-12-30)31-13-7-4-8-14-31/h3-8,11-14,16-21,23-24,28,33,35-36,44H,9-10,15,22,25-27,39H2,1-2H3,(H,41,45)(H,42,46)/t33-,36-/m0/s1. The Bertz CT molecular complexity index is 1690. The number of carbonyl (C=O) groups excluding carboxylic acids is 2. The number of benzene rings is 3. The summed E-state index contributed by atoms with van der Waals surface area (Å²) < 4.78 is 34.1. The number of aromatic nitrogens is 1. The molecular weight excluding hydrogens is 655 g/mol. The highest BCUT2D eigenvalue weighted by Crippen LogP contribution is 2.29. The summed E-state index contributed by atoms with van der Waals surface area (Å²) in [6, 6.07) is 26.8. The molecule has 12 heteroatoms. The molecule has 5 N–H and O–H groups in total. The van der Waals surface area contributed by atoms with Crippen LogP contribution in [0.1, 0.15) is 55.7 Å². The van der Waals surface area contributed by atoms with Gasteiger partial charge in [0.25, 0.3) is 0 Å². The van der Waals surface area contributed by atoms with Gasteiger partial charge in [0, 0.05) is 43.1 Å². The number of nitrogens with two attached hydrogens (primary N) is 1. The third-order valence-corrected chi connectivity index (χ3v) is 10.2. The number of pyridine rings is 1. The monoisotopic (exact) mass is 701 g/mol. The molecule has 0 aliphatic heterocycles. The highest BCUT2D eigenvalue weighted by molar-refractivity contribution is 7.89. The first-order chi connectivity index (χ1) is 24.1. The number of amides is 2. The van der Waals surface area contributed by atoms with Crippen LogP contribution in [0.2, 0.25) is 0 Å². The number of aliphatic hydroxyl groups excluding tert-OH is 1. The van der Waals surface area contributed by atoms with Gasteiger partial charge in [-0.25, -0.2) is 13.2 Å². The molecule has 0 unspecified atom stereocenters. The Kier molecular flexibility index (Phi) is 14.3. The fourth-order valence-electron chi connectivity index (χ4n) is 5.73. The number of carbonyl (C=O) groups is 2. The van der Waals surface area contributed by atoms with Crippen molar-refractivity contribution in [2.24, 2.45) is 5.92 Å². The van der Waals surface area contributed by atoms with E-state index in [0.29, 0.717) is 24.9 Å². The van der Waals surface area contributed by atoms with Crippen LogP contribution in [0.5, 0.6) is 0 Å². The number of nitrogen functional groups attached to an aromatic ring is 1. The minimum absolute atomic E-state index is 0.0118. The van der Waals surface area contributed by atoms with E-state index in [-0.39, 0.29) is 37.1 Å². The number of sulfonamides is 1. The predicted octanol–water partition coefficient (Wildman–Crippen LogP) is 5.09. The normalized spacial score (nSPS) is 12.8. The number of hydrogen-bond acceptors (Lipinski definition) is 8. The molecule has 0 bridgehead atoms. The Morgan fingerprint density at radius 2 is 1.48 bits per heavy atom. The van der Waals surface area contributed by atoms with Gasteiger partial charge in [0.2, 0.25) is 15.9 Å². The summed E-state index contributed by atoms with van der Waals surface area (Å²) in [5, 5.41) is 16.1. The topological polar surface area (TPSA) is 164 Å². The maximum atomic E-state index is 13.9. The Hall–Kier alpha value is -4.78. The Labute approximate surface area is 294 Å². The van der Waals surface area contributed by atoms with Crippen LogP contribution in [0.15, 0.2) is 114 Å². The zero-order chi connectivity index (χ0) is 35.9. The number of ether oxygens (including phenoxy) is 1. The number of nitrogens with zero attached hydrogens (tertiary/aromatic N) is 2. The smallest absolute Gasteiger partial charge is 0.408 e. The van der Waals surface area contributed by atoms with Crippen LogP contribution in [-0.2, 0) is 26.2 Å². The zero-order valence-electron chi connectivity index (χ0n) is 28.5. The molecule has 0 fully saturated rings. The molecule has 3 aromatic carbocycles. The van der Waals surface area contributed by atoms with E-state index in [4.69, 9.17) is 10.5 Å². The second-order valence-corrected chi connectivity index (χ2v) is 14.4. The van der Waals surface area contributed by atoms with Crippen LogP contribution in [0.4, 0.5) is 10.5 Å². The molecule has 2 atom stereocenters. The van der Waals surface area contributed by atoms with Crippen molar-refractivity contribution in [1.29, 1.82) is 0 Å². The highest BCUT2D eigenvalue weighted by atomic mass is 32.2. The molecule has 1 aromatic heterocycles. The largest absolute Gasteiger partial charge is 0.445 e. The van der Waals surface area contributed by atoms with Crippen LogP contribution >= 0.6 is 0 Å². The predicted molar refractivity (Wildman–Crippen MR) is 193 cm³/mol. The van der Waals surface area contributed by atoms with Gasteiger partial charge in [-0.15, -0.1) is 0 Å². The lowest BCUT2D eigenvalue weighted by Crippen LogP contribution is -2.50. The van der Waals surface area contributed by atoms with Gasteiger partial charge in [0.1, 0.15) is 12.6 Å². The van der Waals surface area contributed by atoms with E-state index in [9.17, 15) is 23.1 Å². The minimum atomic E-state index is -3.90. The Morgan fingerprint density at radius 1 is 0.880 bits per heavy atom. The summed E-state index contributed by atoms with van der Waals surface area (Å²) >= 11 is 0. The Balaban J connectivity index is 1.45. The molecule has 0 aliphatic rings. The minimum Gasteiger partial charge on any atom is -0.445 e. The maximum Gasteiger partial charge on any atom is 0.408 e. The van der Waals surface area contributed by atoms with E-state index in [0.717, 1.165) is 16.7 Å². The van der Waals surface area contributed by atoms with Crippen molar-refractivity contribution >= 4 is 27.7 Å². The molecule has 2 amide bonds. The number of aliphatic hydroxyl groups is 1. The van der Waals surface area contributed by atoms with E-state index in [1.165, 1.54) is 16.4 Å². The highest BCUT2D eigenvalue weighted by Gasteiger charge is 2.34. The first kappa shape index (κ1) is 38.0. The molecule has 0 saturated carbocycles. The van der Waals surface area contributed by atoms with Gasteiger partial charge in [-0.1, -0.05) is 80.9 Å². The zero-order valence-corrected chi connectivity index (χ0v) is 29.3. The summed E-state index contributed by atoms with van der Waals surface area (Å²) in [4.78, 5) is 31.1. The number of hydrogen-bond donors (Lipinski definition) is 4. The fraction of sp³-hybridized carbons (Fsp3) is 0.342. The van der Waals surface area contributed by atoms with E-state index in [1.54, 1.807) is 36.7 Å². The van der Waals surface area contributed by atoms with Gasteiger partial charge in [0.05, 0.1) is 11.5 Å². The van der Waals surface area contributed by atoms with Gasteiger partial charge in [-0.3, -0.25) is 9.78 Å². The number of alkyl carbamates (subject to hydrolysis) is 1. The van der Waals surface area contributed by atoms with Gasteiger partial charge in [-0.2, -0.15) is 4.31 Å². The van der Waals surface area contributed by atoms with Crippen molar-refractivity contribution in [3.8, 4) is 0 Å². The molecular formula is C38H47N5O6S. The fourth-order valence-corrected chi connectivity index (χ4v) is 7.54. The van der Waals surface area contributed by atoms with E-state index in [2.05, 4.69) is 15.6 Å². The second-order valence-electron chi connectivity index (χ2n) is 12.5. The van der Waals surface area contributed by atoms with Crippen LogP contribution in [-0.4, -0.2) is 66.6 Å². The third kappa shape index (κ3) is 10.9. The molecule has 0 aliphatic carbocycles. The average molecular weight is 702 g/mol. The lowest BCUT2D eigenvalue weighted by atomic mass is 9.84. The summed E-state index contributed by atoms with van der Waals surface area (Å²) in [7, 11) is -3.90. The van der Waals surface area contributed by atoms with Gasteiger partial charge in [0.15, 0.2) is 0 Å². The SMILES string of the molecule is CC(C)CN([C@H](CO)CCCCNC(=O)[C@@H](NC(=O)OCc1ccncc1)C(c1ccccc1)c1ccccc1)S(=O)(=O)c1ccc(N)cc1. The molecule has 0 spiro atoms. The van der Waals surface area contributed by atoms with E-state index in [1.807, 2.05) is 74.5 Å². The maximum absolute atomic E-state index is 13.9. The van der Waals surface area contributed by atoms with Gasteiger partial charge in [-0.05, 0) is 71.8 Å². The van der Waals surface area contributed by atoms with Crippen molar-refractivity contribution in [1.82, 2.24) is 19.9 Å². The third-order valence-electron chi connectivity index (χ3n) is 8.24. The molecule has 266 valence electrons. The van der Waals surface area contributed by atoms with Crippen LogP contribution in [0, 0.1) is 5.92 Å². The molecule has 0 saturated heterocycles. The lowest BCUT2D eigenvalue weighted by Gasteiger charge is -2.31. The van der Waals surface area contributed by atoms with Crippen molar-refractivity contribution in [3.63, 3.8) is 0 Å². The quantitative estimate of drug-likeness (QED) is 0.0824. The van der Waals surface area contributed by atoms with Crippen LogP contribution < -0.4 is 16.4 Å². The number of rotatable bonds is 18.